The van der Waals surface area contributed by atoms with Gasteiger partial charge in [-0.15, -0.1) is 0 Å². The molecule has 200 valence electrons. The van der Waals surface area contributed by atoms with Crippen molar-refractivity contribution in [2.75, 3.05) is 7.11 Å². The highest BCUT2D eigenvalue weighted by Gasteiger charge is 2.22. The summed E-state index contributed by atoms with van der Waals surface area (Å²) in [5.41, 5.74) is -0.608. The maximum Gasteiger partial charge on any atom is 0.410 e. The molecule has 1 amide bonds. The molecule has 38 heavy (non-hydrogen) atoms. The van der Waals surface area contributed by atoms with Crippen molar-refractivity contribution in [2.24, 2.45) is 0 Å². The Morgan fingerprint density at radius 3 is 2.66 bits per heavy atom. The van der Waals surface area contributed by atoms with Crippen LogP contribution in [0.15, 0.2) is 57.4 Å². The lowest BCUT2D eigenvalue weighted by atomic mass is 10.00. The van der Waals surface area contributed by atoms with Crippen molar-refractivity contribution < 1.29 is 33.0 Å². The van der Waals surface area contributed by atoms with Crippen LogP contribution < -0.4 is 15.7 Å². The first kappa shape index (κ1) is 28.3. The molecule has 2 aromatic heterocycles. The van der Waals surface area contributed by atoms with Gasteiger partial charge >= 0.3 is 11.7 Å². The first-order valence-electron chi connectivity index (χ1n) is 11.6. The maximum atomic E-state index is 13.1. The summed E-state index contributed by atoms with van der Waals surface area (Å²) in [6, 6.07) is 6.76. The van der Waals surface area contributed by atoms with Crippen LogP contribution in [-0.2, 0) is 4.74 Å². The Labute approximate surface area is 222 Å². The van der Waals surface area contributed by atoms with Crippen molar-refractivity contribution in [3.63, 3.8) is 0 Å². The number of allylic oxidation sites excluding steroid dienone is 2. The number of nitrogens with one attached hydrogen (secondary N) is 1. The number of carbonyl (C=O) groups is 2. The van der Waals surface area contributed by atoms with E-state index >= 15 is 0 Å². The second-order valence-electron chi connectivity index (χ2n) is 8.36. The molecule has 0 radical (unpaired) electrons. The number of benzene rings is 1. The summed E-state index contributed by atoms with van der Waals surface area (Å²) in [6.07, 6.45) is 5.25. The summed E-state index contributed by atoms with van der Waals surface area (Å²) in [5, 5.41) is 13.2. The molecule has 0 aliphatic heterocycles. The minimum absolute atomic E-state index is 0.191. The van der Waals surface area contributed by atoms with Crippen molar-refractivity contribution in [1.82, 2.24) is 10.3 Å². The third kappa shape index (κ3) is 7.39. The van der Waals surface area contributed by atoms with Crippen LogP contribution in [-0.4, -0.2) is 29.1 Å². The number of methoxy groups -OCH3 is 1. The number of hydrogen-bond acceptors (Lipinski definition) is 9. The number of carbonyl (C=O) groups excluding carboxylic acids is 2. The summed E-state index contributed by atoms with van der Waals surface area (Å²) < 4.78 is 28.6. The highest BCUT2D eigenvalue weighted by molar-refractivity contribution is 7.14. The molecule has 3 rings (SSSR count). The molecule has 0 bridgehead atoms. The first-order chi connectivity index (χ1) is 18.1. The van der Waals surface area contributed by atoms with E-state index in [-0.39, 0.29) is 23.1 Å². The number of amides is 1. The predicted octanol–water partition coefficient (Wildman–Crippen LogP) is 6.08. The fourth-order valence-corrected chi connectivity index (χ4v) is 4.27. The Hall–Kier alpha value is -4.25. The van der Waals surface area contributed by atoms with Crippen molar-refractivity contribution in [3.05, 3.63) is 86.3 Å². The molecule has 1 unspecified atom stereocenters. The number of alkyl carbamates (subject to hydrolysis) is 1. The van der Waals surface area contributed by atoms with Crippen molar-refractivity contribution in [2.45, 2.75) is 39.5 Å². The molecule has 1 aromatic carbocycles. The lowest BCUT2D eigenvalue weighted by Gasteiger charge is -2.11. The monoisotopic (exact) mass is 542 g/mol. The van der Waals surface area contributed by atoms with E-state index in [1.54, 1.807) is 19.1 Å². The van der Waals surface area contributed by atoms with Crippen LogP contribution in [0, 0.1) is 12.7 Å². The summed E-state index contributed by atoms with van der Waals surface area (Å²) in [6.45, 7) is 5.07. The molecule has 2 heterocycles. The standard InChI is InChI=1S/C27H27FN2O7S/c1-15(7-5-6-12-29-26(34)35-4)21-14-20(31)23(25(33)37-21)24(32)16(2)13-22-17(3)30-27(38-22)36-19-10-8-18(28)9-11-19/h6,8-15,31H,5,7H2,1-4H3,(H,29,34)/b12-6+,16-13+. The van der Waals surface area contributed by atoms with E-state index in [0.717, 1.165) is 0 Å². The third-order valence-corrected chi connectivity index (χ3v) is 6.45. The summed E-state index contributed by atoms with van der Waals surface area (Å²) in [4.78, 5) is 41.6. The average molecular weight is 543 g/mol. The van der Waals surface area contributed by atoms with E-state index < -0.39 is 28.8 Å². The van der Waals surface area contributed by atoms with Crippen molar-refractivity contribution >= 4 is 29.3 Å². The largest absolute Gasteiger partial charge is 0.507 e. The summed E-state index contributed by atoms with van der Waals surface area (Å²) >= 11 is 1.17. The molecule has 0 spiro atoms. The van der Waals surface area contributed by atoms with Crippen LogP contribution >= 0.6 is 11.3 Å². The lowest BCUT2D eigenvalue weighted by molar-refractivity contribution is 0.102. The topological polar surface area (TPSA) is 128 Å². The van der Waals surface area contributed by atoms with Crippen LogP contribution in [0.5, 0.6) is 16.7 Å². The zero-order valence-corrected chi connectivity index (χ0v) is 22.1. The molecule has 2 N–H and O–H groups in total. The molecule has 1 atom stereocenters. The van der Waals surface area contributed by atoms with Gasteiger partial charge in [0.15, 0.2) is 5.78 Å². The van der Waals surface area contributed by atoms with E-state index in [1.807, 2.05) is 6.92 Å². The molecule has 11 heteroatoms. The van der Waals surface area contributed by atoms with E-state index in [0.29, 0.717) is 34.4 Å². The molecule has 0 saturated carbocycles. The normalized spacial score (nSPS) is 12.4. The number of Topliss-reactive ketones (excluding diaryl/α,β-unsaturated/α-hetero) is 1. The molecule has 0 aliphatic carbocycles. The molecule has 0 saturated heterocycles. The number of aromatic nitrogens is 1. The summed E-state index contributed by atoms with van der Waals surface area (Å²) in [5.74, 6) is -1.12. The van der Waals surface area contributed by atoms with E-state index in [4.69, 9.17) is 9.15 Å². The molecular weight excluding hydrogens is 515 g/mol. The Balaban J connectivity index is 1.71. The van der Waals surface area contributed by atoms with Gasteiger partial charge in [0.2, 0.25) is 0 Å². The minimum Gasteiger partial charge on any atom is -0.507 e. The number of ketones is 1. The number of nitrogens with zero attached hydrogens (tertiary/aromatic N) is 1. The maximum absolute atomic E-state index is 13.1. The van der Waals surface area contributed by atoms with E-state index in [1.165, 1.54) is 61.9 Å². The Morgan fingerprint density at radius 1 is 1.29 bits per heavy atom. The fraction of sp³-hybridized carbons (Fsp3) is 0.259. The lowest BCUT2D eigenvalue weighted by Crippen LogP contribution is -2.16. The number of ether oxygens (including phenoxy) is 2. The van der Waals surface area contributed by atoms with Crippen LogP contribution in [0.3, 0.4) is 0 Å². The van der Waals surface area contributed by atoms with Gasteiger partial charge in [0.1, 0.15) is 28.6 Å². The Morgan fingerprint density at radius 2 is 2.00 bits per heavy atom. The van der Waals surface area contributed by atoms with Crippen LogP contribution in [0.1, 0.15) is 59.3 Å². The number of aryl methyl sites for hydroxylation is 1. The van der Waals surface area contributed by atoms with Gasteiger partial charge in [-0.3, -0.25) is 10.1 Å². The van der Waals surface area contributed by atoms with E-state index in [9.17, 15) is 23.9 Å². The molecule has 0 aliphatic rings. The molecule has 3 aromatic rings. The summed E-state index contributed by atoms with van der Waals surface area (Å²) in [7, 11) is 1.26. The minimum atomic E-state index is -0.936. The van der Waals surface area contributed by atoms with Gasteiger partial charge < -0.3 is 19.0 Å². The number of hydrogen-bond donors (Lipinski definition) is 2. The number of aromatic hydroxyl groups is 1. The molecule has 0 fully saturated rings. The van der Waals surface area contributed by atoms with Gasteiger partial charge in [-0.25, -0.2) is 19.0 Å². The Bertz CT molecular complexity index is 1420. The number of halogens is 1. The average Bonchev–Trinajstić information content (AvgIpc) is 3.22. The van der Waals surface area contributed by atoms with Crippen molar-refractivity contribution in [3.8, 4) is 16.7 Å². The van der Waals surface area contributed by atoms with Crippen LogP contribution in [0.4, 0.5) is 9.18 Å². The number of rotatable bonds is 10. The smallest absolute Gasteiger partial charge is 0.410 e. The highest BCUT2D eigenvalue weighted by atomic mass is 32.1. The highest BCUT2D eigenvalue weighted by Crippen LogP contribution is 2.32. The SMILES string of the molecule is COC(=O)N/C=C/CCC(C)c1cc(O)c(C(=O)/C(C)=C/c2sc(Oc3ccc(F)cc3)nc2C)c(=O)o1. The second kappa shape index (κ2) is 12.8. The van der Waals surface area contributed by atoms with Gasteiger partial charge in [0.05, 0.1) is 17.7 Å². The van der Waals surface area contributed by atoms with Gasteiger partial charge in [-0.1, -0.05) is 24.3 Å². The van der Waals surface area contributed by atoms with E-state index in [2.05, 4.69) is 15.0 Å². The van der Waals surface area contributed by atoms with Crippen LogP contribution in [0.25, 0.3) is 6.08 Å². The zero-order valence-electron chi connectivity index (χ0n) is 21.2. The fourth-order valence-electron chi connectivity index (χ4n) is 3.33. The van der Waals surface area contributed by atoms with Crippen molar-refractivity contribution in [1.29, 1.82) is 0 Å². The first-order valence-corrected chi connectivity index (χ1v) is 12.4. The quantitative estimate of drug-likeness (QED) is 0.233. The van der Waals surface area contributed by atoms with Gasteiger partial charge in [-0.2, -0.15) is 0 Å². The van der Waals surface area contributed by atoms with Gasteiger partial charge in [0.25, 0.3) is 5.19 Å². The van der Waals surface area contributed by atoms with Crippen LogP contribution in [0.2, 0.25) is 0 Å². The molecule has 9 nitrogen and oxygen atoms in total. The van der Waals surface area contributed by atoms with Gasteiger partial charge in [0, 0.05) is 18.2 Å². The molecular formula is C27H27FN2O7S. The second-order valence-corrected chi connectivity index (χ2v) is 9.35. The number of thiazole rings is 1. The third-order valence-electron chi connectivity index (χ3n) is 5.47. The van der Waals surface area contributed by atoms with Gasteiger partial charge in [-0.05, 0) is 62.6 Å². The Kier molecular flexibility index (Phi) is 9.55. The predicted molar refractivity (Wildman–Crippen MR) is 140 cm³/mol. The zero-order chi connectivity index (χ0) is 27.8.